The van der Waals surface area contributed by atoms with Gasteiger partial charge in [0.15, 0.2) is 0 Å². The van der Waals surface area contributed by atoms with E-state index in [2.05, 4.69) is 38.8 Å². The van der Waals surface area contributed by atoms with Gasteiger partial charge in [0.2, 0.25) is 0 Å². The molecule has 1 nitrogen and oxygen atoms in total. The van der Waals surface area contributed by atoms with Crippen molar-refractivity contribution in [3.8, 4) is 0 Å². The minimum Gasteiger partial charge on any atom is -0.343 e. The standard InChI is InChI=1S/C15H10BrCl2N/c16-12-4-2-6-14-11(12)7-8-19(14)9-10-3-1-5-13(17)15(10)18/h1-8H,9H2. The van der Waals surface area contributed by atoms with E-state index in [1.54, 1.807) is 6.07 Å². The molecular weight excluding hydrogens is 345 g/mol. The van der Waals surface area contributed by atoms with Crippen molar-refractivity contribution in [3.63, 3.8) is 0 Å². The Morgan fingerprint density at radius 3 is 2.63 bits per heavy atom. The Bertz CT molecular complexity index is 749. The maximum Gasteiger partial charge on any atom is 0.0642 e. The highest BCUT2D eigenvalue weighted by molar-refractivity contribution is 9.10. The van der Waals surface area contributed by atoms with E-state index in [4.69, 9.17) is 23.2 Å². The number of benzene rings is 2. The fraction of sp³-hybridized carbons (Fsp3) is 0.0667. The lowest BCUT2D eigenvalue weighted by Gasteiger charge is -2.08. The summed E-state index contributed by atoms with van der Waals surface area (Å²) in [4.78, 5) is 0. The molecule has 0 spiro atoms. The van der Waals surface area contributed by atoms with Crippen LogP contribution in [0.3, 0.4) is 0 Å². The van der Waals surface area contributed by atoms with E-state index in [0.29, 0.717) is 16.6 Å². The molecule has 0 aliphatic heterocycles. The Balaban J connectivity index is 2.07. The van der Waals surface area contributed by atoms with Crippen molar-refractivity contribution in [1.82, 2.24) is 4.57 Å². The minimum absolute atomic E-state index is 0.594. The molecule has 1 aromatic heterocycles. The van der Waals surface area contributed by atoms with E-state index in [1.165, 1.54) is 10.9 Å². The summed E-state index contributed by atoms with van der Waals surface area (Å²) in [7, 11) is 0. The van der Waals surface area contributed by atoms with Crippen LogP contribution >= 0.6 is 39.1 Å². The Morgan fingerprint density at radius 1 is 1.00 bits per heavy atom. The highest BCUT2D eigenvalue weighted by Crippen LogP contribution is 2.29. The first-order valence-electron chi connectivity index (χ1n) is 5.83. The van der Waals surface area contributed by atoms with Gasteiger partial charge in [0.05, 0.1) is 10.0 Å². The van der Waals surface area contributed by atoms with Crippen LogP contribution in [0.5, 0.6) is 0 Å². The van der Waals surface area contributed by atoms with Crippen LogP contribution in [0.15, 0.2) is 53.1 Å². The van der Waals surface area contributed by atoms with Gasteiger partial charge in [-0.3, -0.25) is 0 Å². The van der Waals surface area contributed by atoms with Gasteiger partial charge in [-0.2, -0.15) is 0 Å². The number of nitrogens with zero attached hydrogens (tertiary/aromatic N) is 1. The molecule has 96 valence electrons. The Morgan fingerprint density at radius 2 is 1.79 bits per heavy atom. The molecule has 1 heterocycles. The monoisotopic (exact) mass is 353 g/mol. The van der Waals surface area contributed by atoms with E-state index < -0.39 is 0 Å². The summed E-state index contributed by atoms with van der Waals surface area (Å²) in [6, 6.07) is 14.0. The lowest BCUT2D eigenvalue weighted by Crippen LogP contribution is -1.98. The molecule has 0 aliphatic carbocycles. The van der Waals surface area contributed by atoms with Crippen LogP contribution in [0.1, 0.15) is 5.56 Å². The predicted molar refractivity (Wildman–Crippen MR) is 85.2 cm³/mol. The minimum atomic E-state index is 0.594. The van der Waals surface area contributed by atoms with E-state index in [0.717, 1.165) is 10.0 Å². The van der Waals surface area contributed by atoms with Crippen LogP contribution in [-0.4, -0.2) is 4.57 Å². The van der Waals surface area contributed by atoms with Crippen molar-refractivity contribution in [1.29, 1.82) is 0 Å². The zero-order valence-electron chi connectivity index (χ0n) is 9.91. The second kappa shape index (κ2) is 5.20. The van der Waals surface area contributed by atoms with Crippen molar-refractivity contribution in [2.75, 3.05) is 0 Å². The SMILES string of the molecule is Clc1cccc(Cn2ccc3c(Br)cccc32)c1Cl. The fourth-order valence-corrected chi connectivity index (χ4v) is 3.05. The van der Waals surface area contributed by atoms with E-state index in [9.17, 15) is 0 Å². The molecule has 0 unspecified atom stereocenters. The molecule has 0 radical (unpaired) electrons. The molecule has 3 aromatic rings. The number of hydrogen-bond donors (Lipinski definition) is 0. The summed E-state index contributed by atoms with van der Waals surface area (Å²) < 4.78 is 3.26. The van der Waals surface area contributed by atoms with Crippen molar-refractivity contribution < 1.29 is 0 Å². The van der Waals surface area contributed by atoms with Crippen LogP contribution in [0, 0.1) is 0 Å². The Kier molecular flexibility index (Phi) is 3.57. The fourth-order valence-electron chi connectivity index (χ4n) is 2.18. The zero-order chi connectivity index (χ0) is 13.4. The normalized spacial score (nSPS) is 11.1. The van der Waals surface area contributed by atoms with Crippen LogP contribution in [0.25, 0.3) is 10.9 Å². The topological polar surface area (TPSA) is 4.93 Å². The van der Waals surface area contributed by atoms with Gasteiger partial charge in [0, 0.05) is 28.1 Å². The molecule has 19 heavy (non-hydrogen) atoms. The smallest absolute Gasteiger partial charge is 0.0642 e. The summed E-state index contributed by atoms with van der Waals surface area (Å²) >= 11 is 15.8. The zero-order valence-corrected chi connectivity index (χ0v) is 13.0. The third-order valence-electron chi connectivity index (χ3n) is 3.13. The number of aromatic nitrogens is 1. The maximum absolute atomic E-state index is 6.24. The molecule has 4 heteroatoms. The van der Waals surface area contributed by atoms with Gasteiger partial charge in [-0.1, -0.05) is 57.3 Å². The number of fused-ring (bicyclic) bond motifs is 1. The van der Waals surface area contributed by atoms with Gasteiger partial charge >= 0.3 is 0 Å². The molecule has 2 aromatic carbocycles. The third-order valence-corrected chi connectivity index (χ3v) is 4.68. The lowest BCUT2D eigenvalue weighted by molar-refractivity contribution is 0.837. The van der Waals surface area contributed by atoms with Crippen LogP contribution in [0.4, 0.5) is 0 Å². The number of hydrogen-bond acceptors (Lipinski definition) is 0. The Hall–Kier alpha value is -0.960. The molecule has 0 fully saturated rings. The first kappa shape index (κ1) is 13.0. The van der Waals surface area contributed by atoms with Gasteiger partial charge in [-0.25, -0.2) is 0 Å². The summed E-state index contributed by atoms with van der Waals surface area (Å²) in [6.07, 6.45) is 2.06. The van der Waals surface area contributed by atoms with Gasteiger partial charge in [0.1, 0.15) is 0 Å². The van der Waals surface area contributed by atoms with Crippen molar-refractivity contribution >= 4 is 50.0 Å². The molecule has 3 rings (SSSR count). The first-order valence-corrected chi connectivity index (χ1v) is 7.38. The van der Waals surface area contributed by atoms with Crippen molar-refractivity contribution in [3.05, 3.63) is 68.7 Å². The van der Waals surface area contributed by atoms with Gasteiger partial charge in [0.25, 0.3) is 0 Å². The Labute approximate surface area is 129 Å². The molecule has 0 atom stereocenters. The van der Waals surface area contributed by atoms with Gasteiger partial charge in [-0.05, 0) is 29.8 Å². The van der Waals surface area contributed by atoms with Crippen LogP contribution in [-0.2, 0) is 6.54 Å². The van der Waals surface area contributed by atoms with E-state index in [-0.39, 0.29) is 0 Å². The van der Waals surface area contributed by atoms with E-state index in [1.807, 2.05) is 24.3 Å². The number of rotatable bonds is 2. The average molecular weight is 355 g/mol. The maximum atomic E-state index is 6.24. The molecule has 0 amide bonds. The molecule has 0 saturated carbocycles. The average Bonchev–Trinajstić information content (AvgIpc) is 2.80. The summed E-state index contributed by atoms with van der Waals surface area (Å²) in [5, 5.41) is 2.42. The predicted octanol–water partition coefficient (Wildman–Crippen LogP) is 5.76. The second-order valence-electron chi connectivity index (χ2n) is 4.33. The van der Waals surface area contributed by atoms with Gasteiger partial charge in [-0.15, -0.1) is 0 Å². The summed E-state index contributed by atoms with van der Waals surface area (Å²) in [5.41, 5.74) is 2.19. The number of halogens is 3. The summed E-state index contributed by atoms with van der Waals surface area (Å²) in [6.45, 7) is 0.708. The molecule has 0 saturated heterocycles. The molecule has 0 bridgehead atoms. The highest BCUT2D eigenvalue weighted by Gasteiger charge is 2.08. The third kappa shape index (κ3) is 2.40. The molecular formula is C15H10BrCl2N. The van der Waals surface area contributed by atoms with Crippen molar-refractivity contribution in [2.24, 2.45) is 0 Å². The van der Waals surface area contributed by atoms with Gasteiger partial charge < -0.3 is 4.57 Å². The van der Waals surface area contributed by atoms with Crippen LogP contribution in [0.2, 0.25) is 10.0 Å². The quantitative estimate of drug-likeness (QED) is 0.551. The van der Waals surface area contributed by atoms with Crippen LogP contribution < -0.4 is 0 Å². The molecule has 0 N–H and O–H groups in total. The first-order chi connectivity index (χ1) is 9.16. The second-order valence-corrected chi connectivity index (χ2v) is 5.97. The molecule has 0 aliphatic rings. The lowest BCUT2D eigenvalue weighted by atomic mass is 10.2. The van der Waals surface area contributed by atoms with E-state index >= 15 is 0 Å². The van der Waals surface area contributed by atoms with Crippen molar-refractivity contribution in [2.45, 2.75) is 6.54 Å². The highest BCUT2D eigenvalue weighted by atomic mass is 79.9. The largest absolute Gasteiger partial charge is 0.343 e. The summed E-state index contributed by atoms with van der Waals surface area (Å²) in [5.74, 6) is 0.